The second-order valence-corrected chi connectivity index (χ2v) is 9.27. The van der Waals surface area contributed by atoms with E-state index in [1.54, 1.807) is 0 Å². The Hall–Kier alpha value is -2.17. The van der Waals surface area contributed by atoms with Crippen LogP contribution < -0.4 is 17.7 Å². The van der Waals surface area contributed by atoms with Crippen LogP contribution >= 0.6 is 0 Å². The van der Waals surface area contributed by atoms with Gasteiger partial charge < -0.3 is 22.2 Å². The number of nitrogens with zero attached hydrogens (tertiary/aromatic N) is 1. The van der Waals surface area contributed by atoms with E-state index in [2.05, 4.69) is 73.0 Å². The third kappa shape index (κ3) is 8.76. The molecule has 0 radical (unpaired) electrons. The molecule has 1 unspecified atom stereocenters. The lowest BCUT2D eigenvalue weighted by molar-refractivity contribution is -0.935. The molecule has 0 bridgehead atoms. The topological polar surface area (TPSA) is 46.2 Å². The molecule has 0 saturated carbocycles. The summed E-state index contributed by atoms with van der Waals surface area (Å²) < 4.78 is 0.959. The van der Waals surface area contributed by atoms with Gasteiger partial charge in [-0.05, 0) is 32.1 Å². The summed E-state index contributed by atoms with van der Waals surface area (Å²) in [4.78, 5) is 24.2. The molecule has 174 valence electrons. The van der Waals surface area contributed by atoms with Crippen LogP contribution in [0.2, 0.25) is 0 Å². The number of Topliss-reactive ketones (excluding diaryl/α,β-unsaturated/α-hetero) is 1. The molecule has 1 aliphatic heterocycles. The lowest BCUT2D eigenvalue weighted by atomic mass is 10.0. The standard InChI is InChI=1S/C27H36N2O2.ClH/c1-29(21-23-13-5-2-6-14-23,22-24-15-7-3-8-16-24)20-12-4-9-18-26(30)25-17-10-11-19-27(31)28-25;/h2-3,5-8,13-16,25H,4,9-12,17-22H2,1H3;1H. The Morgan fingerprint density at radius 2 is 1.50 bits per heavy atom. The molecule has 1 heterocycles. The average Bonchev–Trinajstić information content (AvgIpc) is 2.99. The van der Waals surface area contributed by atoms with E-state index in [4.69, 9.17) is 0 Å². The molecule has 1 amide bonds. The molecule has 1 saturated heterocycles. The first-order valence-electron chi connectivity index (χ1n) is 11.8. The van der Waals surface area contributed by atoms with Crippen LogP contribution in [0.5, 0.6) is 0 Å². The van der Waals surface area contributed by atoms with Crippen molar-refractivity contribution in [2.75, 3.05) is 13.6 Å². The van der Waals surface area contributed by atoms with Crippen molar-refractivity contribution in [1.29, 1.82) is 0 Å². The molecule has 5 heteroatoms. The fourth-order valence-electron chi connectivity index (χ4n) is 4.62. The number of carbonyl (C=O) groups is 2. The van der Waals surface area contributed by atoms with Crippen LogP contribution in [0.4, 0.5) is 0 Å². The van der Waals surface area contributed by atoms with Crippen LogP contribution in [0.1, 0.15) is 62.5 Å². The van der Waals surface area contributed by atoms with E-state index in [0.717, 1.165) is 62.6 Å². The molecule has 1 fully saturated rings. The van der Waals surface area contributed by atoms with Crippen LogP contribution in [-0.4, -0.2) is 35.8 Å². The number of benzene rings is 2. The molecule has 3 rings (SSSR count). The van der Waals surface area contributed by atoms with Crippen LogP contribution in [0.15, 0.2) is 60.7 Å². The molecular weight excluding hydrogens is 420 g/mol. The summed E-state index contributed by atoms with van der Waals surface area (Å²) in [7, 11) is 2.34. The largest absolute Gasteiger partial charge is 1.00 e. The Morgan fingerprint density at radius 1 is 0.906 bits per heavy atom. The molecule has 0 aromatic heterocycles. The quantitative estimate of drug-likeness (QED) is 0.415. The Kier molecular flexibility index (Phi) is 10.9. The summed E-state index contributed by atoms with van der Waals surface area (Å²) in [5.74, 6) is 0.242. The molecular formula is C27H37ClN2O2. The third-order valence-electron chi connectivity index (χ3n) is 6.31. The summed E-state index contributed by atoms with van der Waals surface area (Å²) in [5.41, 5.74) is 2.72. The van der Waals surface area contributed by atoms with Gasteiger partial charge in [0.15, 0.2) is 5.78 Å². The number of amides is 1. The molecule has 2 aromatic rings. The smallest absolute Gasteiger partial charge is 0.220 e. The first kappa shape index (κ1) is 26.1. The number of nitrogens with one attached hydrogen (secondary N) is 1. The first-order chi connectivity index (χ1) is 15.0. The van der Waals surface area contributed by atoms with Gasteiger partial charge >= 0.3 is 0 Å². The normalized spacial score (nSPS) is 16.5. The minimum Gasteiger partial charge on any atom is -1.00 e. The van der Waals surface area contributed by atoms with Crippen LogP contribution in [0.25, 0.3) is 0 Å². The van der Waals surface area contributed by atoms with Crippen molar-refractivity contribution in [3.8, 4) is 0 Å². The van der Waals surface area contributed by atoms with E-state index >= 15 is 0 Å². The second-order valence-electron chi connectivity index (χ2n) is 9.27. The highest BCUT2D eigenvalue weighted by atomic mass is 35.5. The third-order valence-corrected chi connectivity index (χ3v) is 6.31. The number of halogens is 1. The van der Waals surface area contributed by atoms with E-state index < -0.39 is 0 Å². The first-order valence-corrected chi connectivity index (χ1v) is 11.8. The summed E-state index contributed by atoms with van der Waals surface area (Å²) in [6, 6.07) is 21.2. The highest BCUT2D eigenvalue weighted by molar-refractivity contribution is 5.89. The van der Waals surface area contributed by atoms with Crippen molar-refractivity contribution in [2.24, 2.45) is 0 Å². The maximum absolute atomic E-state index is 12.5. The summed E-state index contributed by atoms with van der Waals surface area (Å²) in [6.45, 7) is 3.09. The number of quaternary nitrogens is 1. The molecule has 1 N–H and O–H groups in total. The fraction of sp³-hybridized carbons (Fsp3) is 0.481. The van der Waals surface area contributed by atoms with Gasteiger partial charge in [0.1, 0.15) is 13.1 Å². The van der Waals surface area contributed by atoms with Gasteiger partial charge in [-0.15, -0.1) is 0 Å². The second kappa shape index (κ2) is 13.4. The Bertz CT molecular complexity index is 785. The molecule has 32 heavy (non-hydrogen) atoms. The van der Waals surface area contributed by atoms with Crippen LogP contribution in [0, 0.1) is 0 Å². The van der Waals surface area contributed by atoms with Crippen LogP contribution in [-0.2, 0) is 22.7 Å². The van der Waals surface area contributed by atoms with Crippen molar-refractivity contribution >= 4 is 11.7 Å². The van der Waals surface area contributed by atoms with E-state index in [0.29, 0.717) is 12.8 Å². The molecule has 0 aliphatic carbocycles. The van der Waals surface area contributed by atoms with E-state index in [9.17, 15) is 9.59 Å². The zero-order valence-corrected chi connectivity index (χ0v) is 20.0. The van der Waals surface area contributed by atoms with Crippen LogP contribution in [0.3, 0.4) is 0 Å². The maximum Gasteiger partial charge on any atom is 0.220 e. The van der Waals surface area contributed by atoms with Crippen molar-refractivity contribution in [2.45, 2.75) is 70.5 Å². The monoisotopic (exact) mass is 456 g/mol. The number of rotatable bonds is 11. The molecule has 0 spiro atoms. The van der Waals surface area contributed by atoms with Gasteiger partial charge in [-0.2, -0.15) is 0 Å². The number of unbranched alkanes of at least 4 members (excludes halogenated alkanes) is 2. The molecule has 2 aromatic carbocycles. The van der Waals surface area contributed by atoms with E-state index in [1.807, 2.05) is 0 Å². The van der Waals surface area contributed by atoms with E-state index in [1.165, 1.54) is 11.1 Å². The minimum atomic E-state index is -0.257. The maximum atomic E-state index is 12.5. The Morgan fingerprint density at radius 3 is 2.09 bits per heavy atom. The molecule has 1 atom stereocenters. The van der Waals surface area contributed by atoms with Gasteiger partial charge in [0.2, 0.25) is 5.91 Å². The van der Waals surface area contributed by atoms with Crippen molar-refractivity contribution in [3.05, 3.63) is 71.8 Å². The lowest BCUT2D eigenvalue weighted by Gasteiger charge is -2.35. The average molecular weight is 457 g/mol. The van der Waals surface area contributed by atoms with Gasteiger partial charge in [-0.1, -0.05) is 67.1 Å². The van der Waals surface area contributed by atoms with Crippen molar-refractivity contribution in [3.63, 3.8) is 0 Å². The Balaban J connectivity index is 0.00000363. The summed E-state index contributed by atoms with van der Waals surface area (Å²) >= 11 is 0. The summed E-state index contributed by atoms with van der Waals surface area (Å²) in [5, 5.41) is 2.91. The fourth-order valence-corrected chi connectivity index (χ4v) is 4.62. The molecule has 4 nitrogen and oxygen atoms in total. The highest BCUT2D eigenvalue weighted by Gasteiger charge is 2.24. The number of hydrogen-bond donors (Lipinski definition) is 1. The van der Waals surface area contributed by atoms with E-state index in [-0.39, 0.29) is 30.1 Å². The van der Waals surface area contributed by atoms with Crippen molar-refractivity contribution in [1.82, 2.24) is 5.32 Å². The predicted octanol–water partition coefficient (Wildman–Crippen LogP) is 2.03. The lowest BCUT2D eigenvalue weighted by Crippen LogP contribution is -3.00. The SMILES string of the molecule is C[N+](CCCCCC(=O)C1CCCCC(=O)N1)(Cc1ccccc1)Cc1ccccc1.[Cl-]. The minimum absolute atomic E-state index is 0. The van der Waals surface area contributed by atoms with Crippen molar-refractivity contribution < 1.29 is 26.5 Å². The zero-order chi connectivity index (χ0) is 21.9. The summed E-state index contributed by atoms with van der Waals surface area (Å²) in [6.07, 6.45) is 6.84. The van der Waals surface area contributed by atoms with Gasteiger partial charge in [0, 0.05) is 24.0 Å². The van der Waals surface area contributed by atoms with Gasteiger partial charge in [0.25, 0.3) is 0 Å². The number of carbonyl (C=O) groups excluding carboxylic acids is 2. The van der Waals surface area contributed by atoms with Gasteiger partial charge in [0.05, 0.1) is 19.6 Å². The zero-order valence-electron chi connectivity index (χ0n) is 19.3. The van der Waals surface area contributed by atoms with Gasteiger partial charge in [-0.25, -0.2) is 0 Å². The number of hydrogen-bond acceptors (Lipinski definition) is 2. The Labute approximate surface area is 199 Å². The highest BCUT2D eigenvalue weighted by Crippen LogP contribution is 2.20. The van der Waals surface area contributed by atoms with Gasteiger partial charge in [-0.3, -0.25) is 9.59 Å². The number of ketones is 1. The predicted molar refractivity (Wildman–Crippen MR) is 125 cm³/mol. The molecule has 1 aliphatic rings.